The van der Waals surface area contributed by atoms with Crippen LogP contribution in [-0.4, -0.2) is 22.9 Å². The van der Waals surface area contributed by atoms with E-state index in [0.717, 1.165) is 6.54 Å². The number of hydrogen-bond donors (Lipinski definition) is 0. The lowest BCUT2D eigenvalue weighted by Gasteiger charge is -2.48. The van der Waals surface area contributed by atoms with E-state index in [1.165, 1.54) is 122 Å². The summed E-state index contributed by atoms with van der Waals surface area (Å²) in [5.74, 6) is 0.320. The molecule has 2 heteroatoms. The molecule has 1 heterocycles. The molecule has 1 fully saturated rings. The van der Waals surface area contributed by atoms with Crippen molar-refractivity contribution < 1.29 is 4.79 Å². The Hall–Kier alpha value is -0.530. The van der Waals surface area contributed by atoms with Crippen LogP contribution in [0.15, 0.2) is 0 Å². The summed E-state index contributed by atoms with van der Waals surface area (Å²) in [5, 5.41) is 0. The van der Waals surface area contributed by atoms with Crippen molar-refractivity contribution in [1.82, 2.24) is 4.90 Å². The largest absolute Gasteiger partial charge is 0.337 e. The lowest BCUT2D eigenvalue weighted by molar-refractivity contribution is -0.138. The Labute approximate surface area is 170 Å². The molecular formula is C25H49NO. The number of likely N-dealkylation sites (tertiary alicyclic amines) is 1. The normalized spacial score (nSPS) is 16.6. The summed E-state index contributed by atoms with van der Waals surface area (Å²) in [5.41, 5.74) is 0.191. The highest BCUT2D eigenvalue weighted by Gasteiger charge is 2.39. The average molecular weight is 380 g/mol. The second-order valence-electron chi connectivity index (χ2n) is 9.09. The Morgan fingerprint density at radius 2 is 1.15 bits per heavy atom. The fourth-order valence-corrected chi connectivity index (χ4v) is 5.05. The minimum Gasteiger partial charge on any atom is -0.337 e. The Bertz CT molecular complexity index is 347. The minimum atomic E-state index is 0.191. The molecular weight excluding hydrogens is 330 g/mol. The van der Waals surface area contributed by atoms with Crippen molar-refractivity contribution in [3.05, 3.63) is 0 Å². The lowest BCUT2D eigenvalue weighted by atomic mass is 9.78. The van der Waals surface area contributed by atoms with E-state index < -0.39 is 0 Å². The van der Waals surface area contributed by atoms with Crippen LogP contribution < -0.4 is 0 Å². The standard InChI is InChI=1S/C25H49NO/c1-4-6-8-10-12-14-16-20-25(21-17-15-13-11-9-7-5-2)22-18-19-23-26(25)24(3)27/h4-23H2,1-3H3. The quantitative estimate of drug-likeness (QED) is 0.248. The van der Waals surface area contributed by atoms with Crippen molar-refractivity contribution >= 4 is 5.91 Å². The van der Waals surface area contributed by atoms with E-state index in [2.05, 4.69) is 18.7 Å². The maximum atomic E-state index is 12.4. The van der Waals surface area contributed by atoms with Crippen LogP contribution in [0.2, 0.25) is 0 Å². The van der Waals surface area contributed by atoms with E-state index in [1.807, 2.05) is 0 Å². The zero-order valence-electron chi connectivity index (χ0n) is 19.0. The van der Waals surface area contributed by atoms with Gasteiger partial charge in [0.15, 0.2) is 0 Å². The maximum absolute atomic E-state index is 12.4. The molecule has 0 aromatic rings. The topological polar surface area (TPSA) is 20.3 Å². The van der Waals surface area contributed by atoms with Crippen LogP contribution in [0.3, 0.4) is 0 Å². The molecule has 0 N–H and O–H groups in total. The van der Waals surface area contributed by atoms with E-state index in [1.54, 1.807) is 6.92 Å². The van der Waals surface area contributed by atoms with Crippen LogP contribution in [0.25, 0.3) is 0 Å². The van der Waals surface area contributed by atoms with Crippen LogP contribution in [0.4, 0.5) is 0 Å². The molecule has 27 heavy (non-hydrogen) atoms. The summed E-state index contributed by atoms with van der Waals surface area (Å²) in [6.45, 7) is 7.37. The first-order chi connectivity index (χ1) is 13.2. The number of carbonyl (C=O) groups excluding carboxylic acids is 1. The molecule has 0 radical (unpaired) electrons. The van der Waals surface area contributed by atoms with Gasteiger partial charge in [-0.2, -0.15) is 0 Å². The monoisotopic (exact) mass is 379 g/mol. The second kappa shape index (κ2) is 15.4. The van der Waals surface area contributed by atoms with Gasteiger partial charge in [-0.15, -0.1) is 0 Å². The molecule has 0 aromatic carbocycles. The zero-order chi connectivity index (χ0) is 19.8. The van der Waals surface area contributed by atoms with Crippen molar-refractivity contribution in [3.8, 4) is 0 Å². The first-order valence-electron chi connectivity index (χ1n) is 12.4. The first kappa shape index (κ1) is 24.5. The third kappa shape index (κ3) is 9.99. The van der Waals surface area contributed by atoms with Gasteiger partial charge in [0.25, 0.3) is 0 Å². The molecule has 0 saturated carbocycles. The number of rotatable bonds is 16. The van der Waals surface area contributed by atoms with Gasteiger partial charge >= 0.3 is 0 Å². The van der Waals surface area contributed by atoms with Crippen LogP contribution in [0.1, 0.15) is 143 Å². The van der Waals surface area contributed by atoms with Crippen molar-refractivity contribution in [1.29, 1.82) is 0 Å². The Morgan fingerprint density at radius 1 is 0.704 bits per heavy atom. The molecule has 0 aliphatic carbocycles. The van der Waals surface area contributed by atoms with Crippen LogP contribution in [0.5, 0.6) is 0 Å². The van der Waals surface area contributed by atoms with E-state index in [4.69, 9.17) is 0 Å². The van der Waals surface area contributed by atoms with Gasteiger partial charge in [0.05, 0.1) is 0 Å². The second-order valence-corrected chi connectivity index (χ2v) is 9.09. The summed E-state index contributed by atoms with van der Waals surface area (Å²) in [7, 11) is 0. The molecule has 1 aliphatic heterocycles. The summed E-state index contributed by atoms with van der Waals surface area (Å²) >= 11 is 0. The fourth-order valence-electron chi connectivity index (χ4n) is 5.05. The van der Waals surface area contributed by atoms with Crippen LogP contribution in [0, 0.1) is 0 Å². The van der Waals surface area contributed by atoms with Gasteiger partial charge in [-0.25, -0.2) is 0 Å². The number of nitrogens with zero attached hydrogens (tertiary/aromatic N) is 1. The van der Waals surface area contributed by atoms with Crippen molar-refractivity contribution in [2.45, 2.75) is 148 Å². The summed E-state index contributed by atoms with van der Waals surface area (Å²) in [6.07, 6.45) is 25.4. The molecule has 0 bridgehead atoms. The van der Waals surface area contributed by atoms with Crippen LogP contribution >= 0.6 is 0 Å². The minimum absolute atomic E-state index is 0.191. The van der Waals surface area contributed by atoms with Crippen molar-refractivity contribution in [2.75, 3.05) is 6.54 Å². The van der Waals surface area contributed by atoms with E-state index in [-0.39, 0.29) is 5.54 Å². The van der Waals surface area contributed by atoms with Gasteiger partial charge < -0.3 is 4.90 Å². The van der Waals surface area contributed by atoms with Crippen molar-refractivity contribution in [3.63, 3.8) is 0 Å². The molecule has 0 unspecified atom stereocenters. The first-order valence-corrected chi connectivity index (χ1v) is 12.4. The van der Waals surface area contributed by atoms with Crippen molar-refractivity contribution in [2.24, 2.45) is 0 Å². The Morgan fingerprint density at radius 3 is 1.59 bits per heavy atom. The number of piperidine rings is 1. The maximum Gasteiger partial charge on any atom is 0.219 e. The van der Waals surface area contributed by atoms with Gasteiger partial charge in [-0.3, -0.25) is 4.79 Å². The molecule has 1 rings (SSSR count). The predicted octanol–water partition coefficient (Wildman–Crippen LogP) is 8.04. The molecule has 0 spiro atoms. The molecule has 0 atom stereocenters. The average Bonchev–Trinajstić information content (AvgIpc) is 2.67. The smallest absolute Gasteiger partial charge is 0.219 e. The van der Waals surface area contributed by atoms with Gasteiger partial charge in [0, 0.05) is 19.0 Å². The van der Waals surface area contributed by atoms with Crippen LogP contribution in [-0.2, 0) is 4.79 Å². The van der Waals surface area contributed by atoms with E-state index in [9.17, 15) is 4.79 Å². The highest BCUT2D eigenvalue weighted by Crippen LogP contribution is 2.38. The molecule has 1 amide bonds. The number of carbonyl (C=O) groups is 1. The summed E-state index contributed by atoms with van der Waals surface area (Å²) in [4.78, 5) is 14.6. The third-order valence-electron chi connectivity index (χ3n) is 6.72. The zero-order valence-corrected chi connectivity index (χ0v) is 19.0. The van der Waals surface area contributed by atoms with Gasteiger partial charge in [0.1, 0.15) is 0 Å². The highest BCUT2D eigenvalue weighted by atomic mass is 16.2. The van der Waals surface area contributed by atoms with Gasteiger partial charge in [-0.05, 0) is 32.1 Å². The van der Waals surface area contributed by atoms with E-state index >= 15 is 0 Å². The number of hydrogen-bond acceptors (Lipinski definition) is 1. The lowest BCUT2D eigenvalue weighted by Crippen LogP contribution is -2.53. The van der Waals surface area contributed by atoms with Gasteiger partial charge in [0.2, 0.25) is 5.91 Å². The molecule has 1 saturated heterocycles. The van der Waals surface area contributed by atoms with Gasteiger partial charge in [-0.1, -0.05) is 104 Å². The molecule has 0 aromatic heterocycles. The fraction of sp³-hybridized carbons (Fsp3) is 0.960. The SMILES string of the molecule is CCCCCCCCCC1(CCCCCCCCC)CCCCN1C(C)=O. The third-order valence-corrected chi connectivity index (χ3v) is 6.72. The number of amides is 1. The Kier molecular flexibility index (Phi) is 14.0. The summed E-state index contributed by atoms with van der Waals surface area (Å²) in [6, 6.07) is 0. The Balaban J connectivity index is 2.43. The molecule has 2 nitrogen and oxygen atoms in total. The molecule has 1 aliphatic rings. The highest BCUT2D eigenvalue weighted by molar-refractivity contribution is 5.74. The van der Waals surface area contributed by atoms with E-state index in [0.29, 0.717) is 5.91 Å². The predicted molar refractivity (Wildman–Crippen MR) is 119 cm³/mol. The number of unbranched alkanes of at least 4 members (excludes halogenated alkanes) is 12. The summed E-state index contributed by atoms with van der Waals surface area (Å²) < 4.78 is 0. The molecule has 160 valence electrons.